The number of anilines is 1. The summed E-state index contributed by atoms with van der Waals surface area (Å²) in [6, 6.07) is 14.4. The second kappa shape index (κ2) is 10.1. The van der Waals surface area contributed by atoms with Crippen molar-refractivity contribution in [3.8, 4) is 11.5 Å². The number of aliphatic hydroxyl groups excluding tert-OH is 1. The fourth-order valence-electron chi connectivity index (χ4n) is 4.68. The molecule has 3 aromatic rings. The highest BCUT2D eigenvalue weighted by atomic mass is 35.5. The standard InChI is InChI=1S/C29H26ClNO6/c1-15-9-16(2)11-20(10-15)31-25(19-7-6-8-21(14-19)37-18(4)32)24(27(34)29(31)35)26(33)22-12-17(3)13-23(30)28(22)36-5/h6-14,25,33H,1-5H3/b26-24+. The van der Waals surface area contributed by atoms with E-state index in [1.54, 1.807) is 55.5 Å². The lowest BCUT2D eigenvalue weighted by atomic mass is 9.94. The molecule has 4 rings (SSSR count). The third-order valence-corrected chi connectivity index (χ3v) is 6.29. The SMILES string of the molecule is COc1c(Cl)cc(C)cc1/C(O)=C1\C(=O)C(=O)N(c2cc(C)cc(C)c2)C1c1cccc(OC(C)=O)c1. The lowest BCUT2D eigenvalue weighted by Gasteiger charge is -2.26. The summed E-state index contributed by atoms with van der Waals surface area (Å²) in [6.45, 7) is 6.85. The molecule has 1 N–H and O–H groups in total. The van der Waals surface area contributed by atoms with E-state index in [1.807, 2.05) is 19.9 Å². The van der Waals surface area contributed by atoms with E-state index in [-0.39, 0.29) is 27.7 Å². The van der Waals surface area contributed by atoms with Gasteiger partial charge in [0.15, 0.2) is 0 Å². The van der Waals surface area contributed by atoms with Crippen molar-refractivity contribution in [3.05, 3.63) is 93.0 Å². The van der Waals surface area contributed by atoms with Crippen LogP contribution in [0.3, 0.4) is 0 Å². The Morgan fingerprint density at radius 2 is 1.62 bits per heavy atom. The lowest BCUT2D eigenvalue weighted by Crippen LogP contribution is -2.29. The maximum absolute atomic E-state index is 13.5. The van der Waals surface area contributed by atoms with E-state index in [9.17, 15) is 19.5 Å². The van der Waals surface area contributed by atoms with Crippen molar-refractivity contribution in [2.24, 2.45) is 0 Å². The summed E-state index contributed by atoms with van der Waals surface area (Å²) in [5.41, 5.74) is 3.54. The number of rotatable bonds is 5. The van der Waals surface area contributed by atoms with Crippen LogP contribution in [0.5, 0.6) is 11.5 Å². The van der Waals surface area contributed by atoms with Crippen LogP contribution in [0.1, 0.15) is 40.8 Å². The molecule has 1 fully saturated rings. The molecule has 1 atom stereocenters. The number of Topliss-reactive ketones (excluding diaryl/α,β-unsaturated/α-hetero) is 1. The van der Waals surface area contributed by atoms with E-state index < -0.39 is 29.5 Å². The van der Waals surface area contributed by atoms with Gasteiger partial charge in [-0.2, -0.15) is 0 Å². The van der Waals surface area contributed by atoms with Crippen LogP contribution in [-0.2, 0) is 14.4 Å². The van der Waals surface area contributed by atoms with Crippen LogP contribution >= 0.6 is 11.6 Å². The third kappa shape index (κ3) is 4.95. The van der Waals surface area contributed by atoms with Crippen LogP contribution < -0.4 is 14.4 Å². The molecule has 0 spiro atoms. The Bertz CT molecular complexity index is 1450. The number of carbonyl (C=O) groups excluding carboxylic acids is 3. The maximum atomic E-state index is 13.5. The van der Waals surface area contributed by atoms with Gasteiger partial charge in [0.2, 0.25) is 0 Å². The Balaban J connectivity index is 2.03. The highest BCUT2D eigenvalue weighted by molar-refractivity contribution is 6.51. The third-order valence-electron chi connectivity index (χ3n) is 6.01. The summed E-state index contributed by atoms with van der Waals surface area (Å²) in [7, 11) is 1.40. The van der Waals surface area contributed by atoms with Gasteiger partial charge in [-0.1, -0.05) is 29.8 Å². The number of aliphatic hydroxyl groups is 1. The van der Waals surface area contributed by atoms with Gasteiger partial charge in [0, 0.05) is 12.6 Å². The Hall–Kier alpha value is -4.10. The number of methoxy groups -OCH3 is 1. The van der Waals surface area contributed by atoms with Crippen LogP contribution in [0.2, 0.25) is 5.02 Å². The lowest BCUT2D eigenvalue weighted by molar-refractivity contribution is -0.132. The van der Waals surface area contributed by atoms with Gasteiger partial charge in [0.05, 0.1) is 29.3 Å². The number of ketones is 1. The highest BCUT2D eigenvalue weighted by Gasteiger charge is 2.47. The summed E-state index contributed by atoms with van der Waals surface area (Å²) in [5.74, 6) is -2.18. The molecule has 0 aliphatic carbocycles. The molecular formula is C29H26ClNO6. The summed E-state index contributed by atoms with van der Waals surface area (Å²) in [6.07, 6.45) is 0. The van der Waals surface area contributed by atoms with Crippen molar-refractivity contribution in [1.82, 2.24) is 0 Å². The minimum absolute atomic E-state index is 0.135. The topological polar surface area (TPSA) is 93.1 Å². The first-order valence-electron chi connectivity index (χ1n) is 11.5. The van der Waals surface area contributed by atoms with Crippen molar-refractivity contribution < 1.29 is 29.0 Å². The number of nitrogens with zero attached hydrogens (tertiary/aromatic N) is 1. The van der Waals surface area contributed by atoms with E-state index >= 15 is 0 Å². The average Bonchev–Trinajstić information content (AvgIpc) is 3.08. The fourth-order valence-corrected chi connectivity index (χ4v) is 5.03. The zero-order chi connectivity index (χ0) is 27.0. The Kier molecular flexibility index (Phi) is 7.09. The van der Waals surface area contributed by atoms with Crippen LogP contribution in [0.25, 0.3) is 5.76 Å². The Morgan fingerprint density at radius 3 is 2.24 bits per heavy atom. The second-order valence-electron chi connectivity index (χ2n) is 9.01. The summed E-state index contributed by atoms with van der Waals surface area (Å²) in [4.78, 5) is 40.0. The van der Waals surface area contributed by atoms with Gasteiger partial charge in [-0.15, -0.1) is 0 Å². The molecule has 1 heterocycles. The number of carbonyl (C=O) groups is 3. The molecule has 0 bridgehead atoms. The summed E-state index contributed by atoms with van der Waals surface area (Å²) in [5, 5.41) is 11.8. The number of esters is 1. The van der Waals surface area contributed by atoms with Crippen LogP contribution in [0, 0.1) is 20.8 Å². The van der Waals surface area contributed by atoms with E-state index in [0.717, 1.165) is 16.7 Å². The minimum atomic E-state index is -1.01. The van der Waals surface area contributed by atoms with E-state index in [0.29, 0.717) is 11.3 Å². The molecule has 0 saturated carbocycles. The molecule has 8 heteroatoms. The predicted molar refractivity (Wildman–Crippen MR) is 141 cm³/mol. The van der Waals surface area contributed by atoms with E-state index in [1.165, 1.54) is 18.9 Å². The number of amides is 1. The van der Waals surface area contributed by atoms with E-state index in [2.05, 4.69) is 0 Å². The molecule has 7 nitrogen and oxygen atoms in total. The van der Waals surface area contributed by atoms with Gasteiger partial charge >= 0.3 is 5.97 Å². The number of aryl methyl sites for hydroxylation is 3. The Morgan fingerprint density at radius 1 is 0.973 bits per heavy atom. The predicted octanol–water partition coefficient (Wildman–Crippen LogP) is 5.83. The van der Waals surface area contributed by atoms with Crippen molar-refractivity contribution in [2.75, 3.05) is 12.0 Å². The zero-order valence-electron chi connectivity index (χ0n) is 21.1. The first-order valence-corrected chi connectivity index (χ1v) is 11.9. The van der Waals surface area contributed by atoms with Gasteiger partial charge in [0.1, 0.15) is 17.3 Å². The smallest absolute Gasteiger partial charge is 0.308 e. The molecule has 0 aromatic heterocycles. The van der Waals surface area contributed by atoms with Crippen molar-refractivity contribution >= 4 is 40.7 Å². The van der Waals surface area contributed by atoms with Crippen LogP contribution in [-0.4, -0.2) is 29.9 Å². The molecular weight excluding hydrogens is 494 g/mol. The molecule has 37 heavy (non-hydrogen) atoms. The zero-order valence-corrected chi connectivity index (χ0v) is 21.8. The van der Waals surface area contributed by atoms with E-state index in [4.69, 9.17) is 21.1 Å². The van der Waals surface area contributed by atoms with Crippen molar-refractivity contribution in [3.63, 3.8) is 0 Å². The Labute approximate surface area is 219 Å². The fraction of sp³-hybridized carbons (Fsp3) is 0.207. The quantitative estimate of drug-likeness (QED) is 0.150. The first kappa shape index (κ1) is 26.0. The highest BCUT2D eigenvalue weighted by Crippen LogP contribution is 2.45. The second-order valence-corrected chi connectivity index (χ2v) is 9.42. The average molecular weight is 520 g/mol. The van der Waals surface area contributed by atoms with Gasteiger partial charge in [-0.25, -0.2) is 0 Å². The minimum Gasteiger partial charge on any atom is -0.507 e. The van der Waals surface area contributed by atoms with Crippen molar-refractivity contribution in [2.45, 2.75) is 33.7 Å². The molecule has 1 amide bonds. The van der Waals surface area contributed by atoms with Crippen LogP contribution in [0.15, 0.2) is 60.2 Å². The first-order chi connectivity index (χ1) is 17.5. The molecule has 1 unspecified atom stereocenters. The molecule has 190 valence electrons. The van der Waals surface area contributed by atoms with Crippen LogP contribution in [0.4, 0.5) is 5.69 Å². The van der Waals surface area contributed by atoms with Gasteiger partial charge in [-0.3, -0.25) is 19.3 Å². The molecule has 1 aliphatic rings. The van der Waals surface area contributed by atoms with Crippen molar-refractivity contribution in [1.29, 1.82) is 0 Å². The number of hydrogen-bond donors (Lipinski definition) is 1. The molecule has 1 saturated heterocycles. The normalized spacial score (nSPS) is 16.7. The number of benzene rings is 3. The van der Waals surface area contributed by atoms with Gasteiger partial charge in [0.25, 0.3) is 11.7 Å². The largest absolute Gasteiger partial charge is 0.507 e. The maximum Gasteiger partial charge on any atom is 0.308 e. The monoisotopic (exact) mass is 519 g/mol. The molecule has 3 aromatic carbocycles. The summed E-state index contributed by atoms with van der Waals surface area (Å²) >= 11 is 6.36. The molecule has 1 aliphatic heterocycles. The number of ether oxygens (including phenoxy) is 2. The summed E-state index contributed by atoms with van der Waals surface area (Å²) < 4.78 is 10.7. The number of halogens is 1. The van der Waals surface area contributed by atoms with Gasteiger partial charge in [-0.05, 0) is 79.4 Å². The number of hydrogen-bond acceptors (Lipinski definition) is 6. The van der Waals surface area contributed by atoms with Gasteiger partial charge < -0.3 is 14.6 Å². The molecule has 0 radical (unpaired) electrons.